The van der Waals surface area contributed by atoms with Gasteiger partial charge in [-0.1, -0.05) is 97.1 Å². The minimum Gasteiger partial charge on any atom is -0.289 e. The van der Waals surface area contributed by atoms with Crippen LogP contribution in [-0.4, -0.2) is 5.78 Å². The second-order valence-electron chi connectivity index (χ2n) is 8.12. The van der Waals surface area contributed by atoms with Crippen LogP contribution in [0.1, 0.15) is 15.9 Å². The number of hydrogen-bond acceptors (Lipinski definition) is 1. The monoisotopic (exact) mass is 408 g/mol. The molecule has 0 unspecified atom stereocenters. The standard InChI is InChI=1S/C31H20O/c32-30(31-27-15-7-3-11-23(27)20-24-12-4-8-16-28(24)31)18-17-29-25-13-5-1-9-21(25)19-22-10-2-6-14-26(22)29/h1-20H. The summed E-state index contributed by atoms with van der Waals surface area (Å²) in [5.41, 5.74) is 1.84. The van der Waals surface area contributed by atoms with Crippen molar-refractivity contribution in [2.45, 2.75) is 0 Å². The van der Waals surface area contributed by atoms with Crippen LogP contribution in [0.5, 0.6) is 0 Å². The smallest absolute Gasteiger partial charge is 0.187 e. The maximum absolute atomic E-state index is 13.6. The summed E-state index contributed by atoms with van der Waals surface area (Å²) in [6, 6.07) is 37.3. The molecule has 6 rings (SSSR count). The molecule has 1 nitrogen and oxygen atoms in total. The molecule has 0 aliphatic heterocycles. The lowest BCUT2D eigenvalue weighted by Gasteiger charge is -2.10. The number of ketones is 1. The molecule has 0 heterocycles. The molecule has 0 bridgehead atoms. The lowest BCUT2D eigenvalue weighted by Crippen LogP contribution is -1.98. The first-order valence-corrected chi connectivity index (χ1v) is 10.8. The number of benzene rings is 6. The van der Waals surface area contributed by atoms with Gasteiger partial charge in [-0.15, -0.1) is 0 Å². The number of carbonyl (C=O) groups is 1. The van der Waals surface area contributed by atoms with Crippen molar-refractivity contribution in [3.8, 4) is 0 Å². The lowest BCUT2D eigenvalue weighted by atomic mass is 9.93. The SMILES string of the molecule is O=C(C=Cc1c2ccccc2cc2ccccc12)c1c2ccccc2cc2ccccc12. The van der Waals surface area contributed by atoms with Crippen LogP contribution in [0.3, 0.4) is 0 Å². The summed E-state index contributed by atoms with van der Waals surface area (Å²) >= 11 is 0. The quantitative estimate of drug-likeness (QED) is 0.164. The second kappa shape index (κ2) is 7.47. The first-order chi connectivity index (χ1) is 15.8. The molecule has 6 aromatic rings. The van der Waals surface area contributed by atoms with E-state index in [0.717, 1.165) is 43.4 Å². The molecule has 0 atom stereocenters. The zero-order valence-electron chi connectivity index (χ0n) is 17.5. The van der Waals surface area contributed by atoms with E-state index in [-0.39, 0.29) is 5.78 Å². The van der Waals surface area contributed by atoms with Gasteiger partial charge in [-0.05, 0) is 72.9 Å². The van der Waals surface area contributed by atoms with Crippen LogP contribution in [0.25, 0.3) is 49.2 Å². The Hall–Kier alpha value is -4.23. The van der Waals surface area contributed by atoms with Crippen molar-refractivity contribution in [1.29, 1.82) is 0 Å². The molecule has 0 N–H and O–H groups in total. The first kappa shape index (κ1) is 18.5. The van der Waals surface area contributed by atoms with Crippen LogP contribution in [0, 0.1) is 0 Å². The van der Waals surface area contributed by atoms with Crippen LogP contribution in [-0.2, 0) is 0 Å². The van der Waals surface area contributed by atoms with Crippen molar-refractivity contribution in [1.82, 2.24) is 0 Å². The topological polar surface area (TPSA) is 17.1 Å². The molecule has 32 heavy (non-hydrogen) atoms. The fourth-order valence-corrected chi connectivity index (χ4v) is 4.75. The molecule has 0 aromatic heterocycles. The van der Waals surface area contributed by atoms with Gasteiger partial charge in [0.1, 0.15) is 0 Å². The molecule has 0 aliphatic carbocycles. The van der Waals surface area contributed by atoms with Crippen LogP contribution in [0.15, 0.2) is 115 Å². The van der Waals surface area contributed by atoms with E-state index in [1.807, 2.05) is 42.5 Å². The van der Waals surface area contributed by atoms with Gasteiger partial charge in [0.05, 0.1) is 0 Å². The summed E-state index contributed by atoms with van der Waals surface area (Å²) in [6.45, 7) is 0. The van der Waals surface area contributed by atoms with Gasteiger partial charge >= 0.3 is 0 Å². The molecule has 0 fully saturated rings. The maximum Gasteiger partial charge on any atom is 0.187 e. The Morgan fingerprint density at radius 1 is 0.500 bits per heavy atom. The third kappa shape index (κ3) is 2.99. The predicted octanol–water partition coefficient (Wildman–Crippen LogP) is 8.20. The van der Waals surface area contributed by atoms with Crippen LogP contribution < -0.4 is 0 Å². The minimum atomic E-state index is 0.0232. The number of allylic oxidation sites excluding steroid dienone is 1. The van der Waals surface area contributed by atoms with Gasteiger partial charge in [0, 0.05) is 5.56 Å². The van der Waals surface area contributed by atoms with E-state index in [2.05, 4.69) is 72.8 Å². The van der Waals surface area contributed by atoms with Crippen LogP contribution in [0.2, 0.25) is 0 Å². The van der Waals surface area contributed by atoms with Crippen LogP contribution >= 0.6 is 0 Å². The highest BCUT2D eigenvalue weighted by Gasteiger charge is 2.13. The molecular weight excluding hydrogens is 388 g/mol. The number of hydrogen-bond donors (Lipinski definition) is 0. The third-order valence-electron chi connectivity index (χ3n) is 6.23. The number of rotatable bonds is 3. The van der Waals surface area contributed by atoms with E-state index in [1.165, 1.54) is 10.8 Å². The Bertz CT molecular complexity index is 1580. The molecule has 1 heteroatoms. The normalized spacial score (nSPS) is 11.8. The lowest BCUT2D eigenvalue weighted by molar-refractivity contribution is 0.105. The molecule has 0 saturated heterocycles. The average molecular weight is 409 g/mol. The van der Waals surface area contributed by atoms with Gasteiger partial charge in [0.2, 0.25) is 0 Å². The maximum atomic E-state index is 13.6. The summed E-state index contributed by atoms with van der Waals surface area (Å²) in [6.07, 6.45) is 3.73. The van der Waals surface area contributed by atoms with Gasteiger partial charge in [-0.3, -0.25) is 4.79 Å². The highest BCUT2D eigenvalue weighted by molar-refractivity contribution is 6.24. The molecule has 150 valence electrons. The van der Waals surface area contributed by atoms with Crippen molar-refractivity contribution >= 4 is 54.9 Å². The molecule has 0 radical (unpaired) electrons. The van der Waals surface area contributed by atoms with Gasteiger partial charge < -0.3 is 0 Å². The minimum absolute atomic E-state index is 0.0232. The Labute approximate surface area is 186 Å². The molecule has 0 amide bonds. The van der Waals surface area contributed by atoms with Crippen LogP contribution in [0.4, 0.5) is 0 Å². The van der Waals surface area contributed by atoms with Gasteiger partial charge in [-0.2, -0.15) is 0 Å². The van der Waals surface area contributed by atoms with Gasteiger partial charge in [-0.25, -0.2) is 0 Å². The second-order valence-corrected chi connectivity index (χ2v) is 8.12. The van der Waals surface area contributed by atoms with Gasteiger partial charge in [0.25, 0.3) is 0 Å². The molecule has 6 aromatic carbocycles. The molecule has 0 aliphatic rings. The summed E-state index contributed by atoms with van der Waals surface area (Å²) in [5.74, 6) is 0.0232. The van der Waals surface area contributed by atoms with E-state index in [0.29, 0.717) is 0 Å². The van der Waals surface area contributed by atoms with Crippen molar-refractivity contribution in [3.05, 3.63) is 126 Å². The summed E-state index contributed by atoms with van der Waals surface area (Å²) < 4.78 is 0. The Morgan fingerprint density at radius 2 is 0.875 bits per heavy atom. The molecule has 0 spiro atoms. The van der Waals surface area contributed by atoms with E-state index >= 15 is 0 Å². The third-order valence-corrected chi connectivity index (χ3v) is 6.23. The van der Waals surface area contributed by atoms with Crippen molar-refractivity contribution in [2.75, 3.05) is 0 Å². The van der Waals surface area contributed by atoms with Crippen molar-refractivity contribution < 1.29 is 4.79 Å². The zero-order chi connectivity index (χ0) is 21.5. The molecular formula is C31H20O. The predicted molar refractivity (Wildman–Crippen MR) is 136 cm³/mol. The van der Waals surface area contributed by atoms with Crippen molar-refractivity contribution in [3.63, 3.8) is 0 Å². The zero-order valence-corrected chi connectivity index (χ0v) is 17.5. The van der Waals surface area contributed by atoms with Crippen molar-refractivity contribution in [2.24, 2.45) is 0 Å². The van der Waals surface area contributed by atoms with Gasteiger partial charge in [0.15, 0.2) is 5.78 Å². The highest BCUT2D eigenvalue weighted by atomic mass is 16.1. The first-order valence-electron chi connectivity index (χ1n) is 10.8. The Morgan fingerprint density at radius 3 is 1.34 bits per heavy atom. The summed E-state index contributed by atoms with van der Waals surface area (Å²) in [4.78, 5) is 13.6. The van der Waals surface area contributed by atoms with E-state index < -0.39 is 0 Å². The largest absolute Gasteiger partial charge is 0.289 e. The van der Waals surface area contributed by atoms with E-state index in [9.17, 15) is 4.79 Å². The Balaban J connectivity index is 1.57. The highest BCUT2D eigenvalue weighted by Crippen LogP contribution is 2.32. The average Bonchev–Trinajstić information content (AvgIpc) is 2.84. The summed E-state index contributed by atoms with van der Waals surface area (Å²) in [7, 11) is 0. The van der Waals surface area contributed by atoms with E-state index in [4.69, 9.17) is 0 Å². The molecule has 0 saturated carbocycles. The number of fused-ring (bicyclic) bond motifs is 4. The van der Waals surface area contributed by atoms with E-state index in [1.54, 1.807) is 6.08 Å². The number of carbonyl (C=O) groups excluding carboxylic acids is 1. The summed E-state index contributed by atoms with van der Waals surface area (Å²) in [5, 5.41) is 8.79. The Kier molecular flexibility index (Phi) is 4.33. The fourth-order valence-electron chi connectivity index (χ4n) is 4.75. The fraction of sp³-hybridized carbons (Fsp3) is 0.